The summed E-state index contributed by atoms with van der Waals surface area (Å²) in [5.41, 5.74) is 1.20. The summed E-state index contributed by atoms with van der Waals surface area (Å²) in [5.74, 6) is 0.995. The zero-order valence-electron chi connectivity index (χ0n) is 11.2. The number of aromatic nitrogens is 3. The van der Waals surface area contributed by atoms with Crippen molar-refractivity contribution in [3.05, 3.63) is 48.0 Å². The third-order valence-corrected chi connectivity index (χ3v) is 3.02. The van der Waals surface area contributed by atoms with Crippen LogP contribution in [-0.2, 0) is 24.2 Å². The fourth-order valence-corrected chi connectivity index (χ4v) is 2.02. The van der Waals surface area contributed by atoms with Crippen molar-refractivity contribution in [1.82, 2.24) is 14.8 Å². The van der Waals surface area contributed by atoms with Gasteiger partial charge < -0.3 is 0 Å². The van der Waals surface area contributed by atoms with Gasteiger partial charge in [0.15, 0.2) is 0 Å². The van der Waals surface area contributed by atoms with Gasteiger partial charge in [-0.3, -0.25) is 4.79 Å². The normalized spacial score (nSPS) is 10.6. The van der Waals surface area contributed by atoms with Crippen LogP contribution in [0.1, 0.15) is 31.2 Å². The maximum absolute atomic E-state index is 12.0. The smallest absolute Gasteiger partial charge is 0.140 e. The van der Waals surface area contributed by atoms with Gasteiger partial charge in [0.25, 0.3) is 0 Å². The first-order valence-electron chi connectivity index (χ1n) is 6.72. The maximum Gasteiger partial charge on any atom is 0.140 e. The molecule has 0 bridgehead atoms. The second-order valence-electron chi connectivity index (χ2n) is 4.60. The predicted molar refractivity (Wildman–Crippen MR) is 73.8 cm³/mol. The first-order chi connectivity index (χ1) is 9.29. The topological polar surface area (TPSA) is 47.8 Å². The standard InChI is InChI=1S/C15H19N3O/c1-2-10-18-15(16-12-17-18)11-14(19)9-8-13-6-4-3-5-7-13/h3-7,12H,2,8-11H2,1H3. The molecular formula is C15H19N3O. The van der Waals surface area contributed by atoms with Crippen molar-refractivity contribution < 1.29 is 4.79 Å². The lowest BCUT2D eigenvalue weighted by Gasteiger charge is -2.04. The zero-order chi connectivity index (χ0) is 13.5. The Kier molecular flexibility index (Phi) is 4.84. The van der Waals surface area contributed by atoms with Crippen LogP contribution in [-0.4, -0.2) is 20.5 Å². The molecule has 1 heterocycles. The highest BCUT2D eigenvalue weighted by Gasteiger charge is 2.09. The molecule has 0 aliphatic rings. The number of Topliss-reactive ketones (excluding diaryl/α,β-unsaturated/α-hetero) is 1. The molecule has 100 valence electrons. The molecule has 0 radical (unpaired) electrons. The monoisotopic (exact) mass is 257 g/mol. The average Bonchev–Trinajstić information content (AvgIpc) is 2.85. The second kappa shape index (κ2) is 6.83. The molecular weight excluding hydrogens is 238 g/mol. The summed E-state index contributed by atoms with van der Waals surface area (Å²) in [6, 6.07) is 10.1. The van der Waals surface area contributed by atoms with Crippen molar-refractivity contribution in [2.24, 2.45) is 0 Å². The molecule has 19 heavy (non-hydrogen) atoms. The van der Waals surface area contributed by atoms with Gasteiger partial charge in [0.1, 0.15) is 17.9 Å². The Morgan fingerprint density at radius 3 is 2.79 bits per heavy atom. The van der Waals surface area contributed by atoms with Crippen molar-refractivity contribution in [3.63, 3.8) is 0 Å². The van der Waals surface area contributed by atoms with Crippen molar-refractivity contribution in [1.29, 1.82) is 0 Å². The van der Waals surface area contributed by atoms with Crippen LogP contribution in [0.5, 0.6) is 0 Å². The van der Waals surface area contributed by atoms with E-state index in [2.05, 4.69) is 17.0 Å². The van der Waals surface area contributed by atoms with Crippen LogP contribution in [0.3, 0.4) is 0 Å². The van der Waals surface area contributed by atoms with Crippen LogP contribution in [0.4, 0.5) is 0 Å². The molecule has 0 saturated carbocycles. The number of hydrogen-bond donors (Lipinski definition) is 0. The minimum atomic E-state index is 0.217. The van der Waals surface area contributed by atoms with E-state index in [4.69, 9.17) is 0 Å². The van der Waals surface area contributed by atoms with Gasteiger partial charge in [-0.05, 0) is 18.4 Å². The van der Waals surface area contributed by atoms with Gasteiger partial charge >= 0.3 is 0 Å². The number of hydrogen-bond acceptors (Lipinski definition) is 3. The summed E-state index contributed by atoms with van der Waals surface area (Å²) < 4.78 is 1.82. The lowest BCUT2D eigenvalue weighted by Crippen LogP contribution is -2.11. The largest absolute Gasteiger partial charge is 0.299 e. The maximum atomic E-state index is 12.0. The van der Waals surface area contributed by atoms with E-state index in [1.165, 1.54) is 11.9 Å². The van der Waals surface area contributed by atoms with E-state index in [1.54, 1.807) is 0 Å². The fourth-order valence-electron chi connectivity index (χ4n) is 2.02. The number of benzene rings is 1. The molecule has 0 fully saturated rings. The number of ketones is 1. The van der Waals surface area contributed by atoms with Crippen LogP contribution >= 0.6 is 0 Å². The van der Waals surface area contributed by atoms with Crippen molar-refractivity contribution in [3.8, 4) is 0 Å². The molecule has 4 heteroatoms. The average molecular weight is 257 g/mol. The minimum absolute atomic E-state index is 0.217. The van der Waals surface area contributed by atoms with E-state index < -0.39 is 0 Å². The molecule has 2 aromatic rings. The predicted octanol–water partition coefficient (Wildman–Crippen LogP) is 2.43. The van der Waals surface area contributed by atoms with Crippen molar-refractivity contribution in [2.45, 2.75) is 39.2 Å². The van der Waals surface area contributed by atoms with Gasteiger partial charge in [0.05, 0.1) is 6.42 Å². The van der Waals surface area contributed by atoms with Gasteiger partial charge in [0.2, 0.25) is 0 Å². The molecule has 0 aliphatic carbocycles. The van der Waals surface area contributed by atoms with E-state index in [0.717, 1.165) is 25.2 Å². The Morgan fingerprint density at radius 1 is 1.26 bits per heavy atom. The third kappa shape index (κ3) is 4.02. The highest BCUT2D eigenvalue weighted by Crippen LogP contribution is 2.05. The highest BCUT2D eigenvalue weighted by molar-refractivity contribution is 5.80. The van der Waals surface area contributed by atoms with E-state index in [1.807, 2.05) is 35.0 Å². The fraction of sp³-hybridized carbons (Fsp3) is 0.400. The Morgan fingerprint density at radius 2 is 2.05 bits per heavy atom. The summed E-state index contributed by atoms with van der Waals surface area (Å²) in [6.45, 7) is 2.91. The Labute approximate surface area is 113 Å². The Balaban J connectivity index is 1.85. The number of carbonyl (C=O) groups excluding carboxylic acids is 1. The summed E-state index contributed by atoms with van der Waals surface area (Å²) in [4.78, 5) is 16.1. The summed E-state index contributed by atoms with van der Waals surface area (Å²) in [6.07, 6.45) is 4.25. The molecule has 2 rings (SSSR count). The molecule has 4 nitrogen and oxygen atoms in total. The quantitative estimate of drug-likeness (QED) is 0.765. The van der Waals surface area contributed by atoms with E-state index in [9.17, 15) is 4.79 Å². The van der Waals surface area contributed by atoms with Gasteiger partial charge in [-0.1, -0.05) is 37.3 Å². The molecule has 1 aromatic carbocycles. The van der Waals surface area contributed by atoms with Crippen LogP contribution in [0.25, 0.3) is 0 Å². The molecule has 0 N–H and O–H groups in total. The van der Waals surface area contributed by atoms with E-state index >= 15 is 0 Å². The molecule has 0 aliphatic heterocycles. The van der Waals surface area contributed by atoms with Gasteiger partial charge in [-0.2, -0.15) is 5.10 Å². The molecule has 0 amide bonds. The van der Waals surface area contributed by atoms with Crippen LogP contribution in [0, 0.1) is 0 Å². The molecule has 0 spiro atoms. The van der Waals surface area contributed by atoms with Gasteiger partial charge in [0, 0.05) is 13.0 Å². The van der Waals surface area contributed by atoms with E-state index in [-0.39, 0.29) is 5.78 Å². The lowest BCUT2D eigenvalue weighted by molar-refractivity contribution is -0.118. The molecule has 0 atom stereocenters. The SMILES string of the molecule is CCCn1ncnc1CC(=O)CCc1ccccc1. The number of carbonyl (C=O) groups is 1. The van der Waals surface area contributed by atoms with Gasteiger partial charge in [-0.25, -0.2) is 9.67 Å². The zero-order valence-corrected chi connectivity index (χ0v) is 11.2. The third-order valence-electron chi connectivity index (χ3n) is 3.02. The van der Waals surface area contributed by atoms with Crippen LogP contribution in [0.2, 0.25) is 0 Å². The summed E-state index contributed by atoms with van der Waals surface area (Å²) in [7, 11) is 0. The van der Waals surface area contributed by atoms with Crippen molar-refractivity contribution in [2.75, 3.05) is 0 Å². The molecule has 1 aromatic heterocycles. The first-order valence-corrected chi connectivity index (χ1v) is 6.72. The number of rotatable bonds is 7. The first kappa shape index (κ1) is 13.5. The van der Waals surface area contributed by atoms with Crippen molar-refractivity contribution >= 4 is 5.78 Å². The van der Waals surface area contributed by atoms with Crippen LogP contribution in [0.15, 0.2) is 36.7 Å². The number of nitrogens with zero attached hydrogens (tertiary/aromatic N) is 3. The van der Waals surface area contributed by atoms with Crippen LogP contribution < -0.4 is 0 Å². The summed E-state index contributed by atoms with van der Waals surface area (Å²) in [5, 5.41) is 4.13. The lowest BCUT2D eigenvalue weighted by atomic mass is 10.1. The molecule has 0 unspecified atom stereocenters. The highest BCUT2D eigenvalue weighted by atomic mass is 16.1. The number of aryl methyl sites for hydroxylation is 2. The van der Waals surface area contributed by atoms with Gasteiger partial charge in [-0.15, -0.1) is 0 Å². The Bertz CT molecular complexity index is 519. The van der Waals surface area contributed by atoms with E-state index in [0.29, 0.717) is 12.8 Å². The summed E-state index contributed by atoms with van der Waals surface area (Å²) >= 11 is 0. The minimum Gasteiger partial charge on any atom is -0.299 e. The Hall–Kier alpha value is -1.97. The second-order valence-corrected chi connectivity index (χ2v) is 4.60. The molecule has 0 saturated heterocycles.